The second-order valence-corrected chi connectivity index (χ2v) is 7.13. The van der Waals surface area contributed by atoms with Crippen molar-refractivity contribution in [2.75, 3.05) is 6.54 Å². The Bertz CT molecular complexity index is 451. The maximum absolute atomic E-state index is 11.8. The highest BCUT2D eigenvalue weighted by molar-refractivity contribution is 5.67. The molecule has 0 aliphatic heterocycles. The first kappa shape index (κ1) is 16.9. The zero-order valence-electron chi connectivity index (χ0n) is 13.9. The first-order valence-corrected chi connectivity index (χ1v) is 8.26. The van der Waals surface area contributed by atoms with Gasteiger partial charge in [0.05, 0.1) is 0 Å². The Morgan fingerprint density at radius 3 is 2.82 bits per heavy atom. The van der Waals surface area contributed by atoms with Crippen LogP contribution in [0.1, 0.15) is 52.0 Å². The highest BCUT2D eigenvalue weighted by Gasteiger charge is 2.26. The first-order chi connectivity index (χ1) is 10.4. The molecule has 1 aromatic rings. The number of aromatic nitrogens is 1. The van der Waals surface area contributed by atoms with Gasteiger partial charge in [-0.05, 0) is 51.2 Å². The molecule has 0 radical (unpaired) electrons. The minimum absolute atomic E-state index is 0.317. The lowest BCUT2D eigenvalue weighted by Crippen LogP contribution is -2.44. The highest BCUT2D eigenvalue weighted by atomic mass is 16.6. The molecule has 0 bridgehead atoms. The molecule has 2 unspecified atom stereocenters. The van der Waals surface area contributed by atoms with E-state index in [1.165, 1.54) is 24.8 Å². The van der Waals surface area contributed by atoms with Gasteiger partial charge in [-0.3, -0.25) is 0 Å². The Kier molecular flexibility index (Phi) is 5.89. The second-order valence-electron chi connectivity index (χ2n) is 7.13. The van der Waals surface area contributed by atoms with Crippen LogP contribution in [0.15, 0.2) is 18.5 Å². The summed E-state index contributed by atoms with van der Waals surface area (Å²) in [6, 6.07) is 2.54. The van der Waals surface area contributed by atoms with E-state index in [0.29, 0.717) is 18.5 Å². The molecular weight excluding hydrogens is 278 g/mol. The first-order valence-electron chi connectivity index (χ1n) is 8.26. The van der Waals surface area contributed by atoms with Crippen LogP contribution in [0.2, 0.25) is 0 Å². The molecule has 0 saturated heterocycles. The summed E-state index contributed by atoms with van der Waals surface area (Å²) in [7, 11) is 0. The maximum atomic E-state index is 11.8. The lowest BCUT2D eigenvalue weighted by Gasteiger charge is -2.32. The van der Waals surface area contributed by atoms with E-state index in [2.05, 4.69) is 21.7 Å². The molecule has 2 atom stereocenters. The average Bonchev–Trinajstić information content (AvgIpc) is 2.95. The third kappa shape index (κ3) is 5.72. The topological polar surface area (TPSA) is 66.2 Å². The summed E-state index contributed by atoms with van der Waals surface area (Å²) < 4.78 is 5.31. The van der Waals surface area contributed by atoms with Gasteiger partial charge in [-0.1, -0.05) is 12.8 Å². The number of carbonyl (C=O) groups is 1. The number of amides is 1. The van der Waals surface area contributed by atoms with E-state index in [1.807, 2.05) is 33.2 Å². The van der Waals surface area contributed by atoms with Crippen molar-refractivity contribution in [3.63, 3.8) is 0 Å². The molecule has 22 heavy (non-hydrogen) atoms. The zero-order valence-corrected chi connectivity index (χ0v) is 13.9. The van der Waals surface area contributed by atoms with E-state index in [0.717, 1.165) is 13.0 Å². The molecule has 0 aromatic carbocycles. The fourth-order valence-electron chi connectivity index (χ4n) is 2.97. The van der Waals surface area contributed by atoms with Crippen LogP contribution < -0.4 is 10.6 Å². The molecule has 5 heteroatoms. The van der Waals surface area contributed by atoms with Gasteiger partial charge in [0.2, 0.25) is 0 Å². The Morgan fingerprint density at radius 1 is 1.36 bits per heavy atom. The normalized spacial score (nSPS) is 22.3. The summed E-state index contributed by atoms with van der Waals surface area (Å²) in [5.74, 6) is 0.472. The van der Waals surface area contributed by atoms with Gasteiger partial charge in [0, 0.05) is 31.5 Å². The van der Waals surface area contributed by atoms with Crippen molar-refractivity contribution in [1.29, 1.82) is 0 Å². The van der Waals surface area contributed by atoms with E-state index < -0.39 is 5.60 Å². The van der Waals surface area contributed by atoms with Gasteiger partial charge in [-0.15, -0.1) is 0 Å². The Labute approximate surface area is 133 Å². The van der Waals surface area contributed by atoms with E-state index >= 15 is 0 Å². The third-order valence-electron chi connectivity index (χ3n) is 4.05. The van der Waals surface area contributed by atoms with Crippen molar-refractivity contribution in [3.05, 3.63) is 24.0 Å². The van der Waals surface area contributed by atoms with Crippen molar-refractivity contribution in [2.24, 2.45) is 5.92 Å². The summed E-state index contributed by atoms with van der Waals surface area (Å²) in [6.07, 6.45) is 8.47. The summed E-state index contributed by atoms with van der Waals surface area (Å²) in [4.78, 5) is 14.9. The second kappa shape index (κ2) is 7.68. The van der Waals surface area contributed by atoms with Crippen LogP contribution in [0.5, 0.6) is 0 Å². The molecule has 1 aromatic heterocycles. The van der Waals surface area contributed by atoms with Crippen molar-refractivity contribution in [1.82, 2.24) is 15.6 Å². The summed E-state index contributed by atoms with van der Waals surface area (Å²) in [6.45, 7) is 7.20. The van der Waals surface area contributed by atoms with E-state index in [4.69, 9.17) is 4.74 Å². The highest BCUT2D eigenvalue weighted by Crippen LogP contribution is 2.24. The van der Waals surface area contributed by atoms with Crippen molar-refractivity contribution in [2.45, 2.75) is 64.6 Å². The number of alkyl carbamates (subject to hydrolysis) is 1. The average molecular weight is 307 g/mol. The third-order valence-corrected chi connectivity index (χ3v) is 4.05. The number of hydrogen-bond donors (Lipinski definition) is 3. The molecule has 1 amide bonds. The van der Waals surface area contributed by atoms with Crippen LogP contribution in [0, 0.1) is 5.92 Å². The van der Waals surface area contributed by atoms with E-state index in [-0.39, 0.29) is 6.09 Å². The molecule has 2 rings (SSSR count). The molecule has 1 fully saturated rings. The number of hydrogen-bond acceptors (Lipinski definition) is 3. The van der Waals surface area contributed by atoms with Crippen LogP contribution >= 0.6 is 0 Å². The SMILES string of the molecule is CC(C)(C)OC(=O)NCC1CCCCC1NCc1cc[nH]c1. The standard InChI is InChI=1S/C17H29N3O2/c1-17(2,3)22-16(21)20-12-14-6-4-5-7-15(14)19-11-13-8-9-18-10-13/h8-10,14-15,18-19H,4-7,11-12H2,1-3H3,(H,20,21). The minimum atomic E-state index is -0.442. The number of nitrogens with one attached hydrogen (secondary N) is 3. The smallest absolute Gasteiger partial charge is 0.407 e. The van der Waals surface area contributed by atoms with Gasteiger partial charge < -0.3 is 20.4 Å². The lowest BCUT2D eigenvalue weighted by atomic mass is 9.84. The van der Waals surface area contributed by atoms with E-state index in [1.54, 1.807) is 0 Å². The van der Waals surface area contributed by atoms with E-state index in [9.17, 15) is 4.79 Å². The summed E-state index contributed by atoms with van der Waals surface area (Å²) >= 11 is 0. The quantitative estimate of drug-likeness (QED) is 0.782. The molecule has 1 heterocycles. The van der Waals surface area contributed by atoms with Gasteiger partial charge >= 0.3 is 6.09 Å². The lowest BCUT2D eigenvalue weighted by molar-refractivity contribution is 0.0510. The fraction of sp³-hybridized carbons (Fsp3) is 0.706. The van der Waals surface area contributed by atoms with Crippen LogP contribution in [-0.4, -0.2) is 29.3 Å². The van der Waals surface area contributed by atoms with Crippen LogP contribution in [0.4, 0.5) is 4.79 Å². The van der Waals surface area contributed by atoms with Gasteiger partial charge in [-0.2, -0.15) is 0 Å². The summed E-state index contributed by atoms with van der Waals surface area (Å²) in [5.41, 5.74) is 0.826. The Balaban J connectivity index is 1.78. The maximum Gasteiger partial charge on any atom is 0.407 e. The summed E-state index contributed by atoms with van der Waals surface area (Å²) in [5, 5.41) is 6.56. The molecule has 5 nitrogen and oxygen atoms in total. The molecular formula is C17H29N3O2. The van der Waals surface area contributed by atoms with Crippen molar-refractivity contribution < 1.29 is 9.53 Å². The number of aromatic amines is 1. The monoisotopic (exact) mass is 307 g/mol. The number of carbonyl (C=O) groups excluding carboxylic acids is 1. The molecule has 124 valence electrons. The zero-order chi connectivity index (χ0) is 16.0. The Hall–Kier alpha value is -1.49. The minimum Gasteiger partial charge on any atom is -0.444 e. The number of ether oxygens (including phenoxy) is 1. The number of H-pyrrole nitrogens is 1. The number of rotatable bonds is 5. The van der Waals surface area contributed by atoms with Crippen LogP contribution in [-0.2, 0) is 11.3 Å². The van der Waals surface area contributed by atoms with Gasteiger partial charge in [0.1, 0.15) is 5.60 Å². The van der Waals surface area contributed by atoms with Gasteiger partial charge in [-0.25, -0.2) is 4.79 Å². The van der Waals surface area contributed by atoms with Crippen LogP contribution in [0.3, 0.4) is 0 Å². The Morgan fingerprint density at radius 2 is 2.14 bits per heavy atom. The molecule has 3 N–H and O–H groups in total. The molecule has 1 saturated carbocycles. The molecule has 1 aliphatic carbocycles. The van der Waals surface area contributed by atoms with Crippen molar-refractivity contribution >= 4 is 6.09 Å². The van der Waals surface area contributed by atoms with Gasteiger partial charge in [0.25, 0.3) is 0 Å². The predicted molar refractivity (Wildman–Crippen MR) is 87.6 cm³/mol. The fourth-order valence-corrected chi connectivity index (χ4v) is 2.97. The van der Waals surface area contributed by atoms with Crippen molar-refractivity contribution in [3.8, 4) is 0 Å². The van der Waals surface area contributed by atoms with Crippen LogP contribution in [0.25, 0.3) is 0 Å². The molecule has 1 aliphatic rings. The van der Waals surface area contributed by atoms with Gasteiger partial charge in [0.15, 0.2) is 0 Å². The predicted octanol–water partition coefficient (Wildman–Crippen LogP) is 3.19. The largest absolute Gasteiger partial charge is 0.444 e. The molecule has 0 spiro atoms.